The number of carbonyl (C=O) groups is 1. The smallest absolute Gasteiger partial charge is 0.185 e. The molecule has 1 heterocycles. The van der Waals surface area contributed by atoms with Crippen LogP contribution in [0.3, 0.4) is 0 Å². The summed E-state index contributed by atoms with van der Waals surface area (Å²) in [6.45, 7) is 1.35. The van der Waals surface area contributed by atoms with Crippen molar-refractivity contribution >= 4 is 32.8 Å². The van der Waals surface area contributed by atoms with E-state index in [0.717, 1.165) is 18.0 Å². The summed E-state index contributed by atoms with van der Waals surface area (Å²) >= 11 is 3.92. The summed E-state index contributed by atoms with van der Waals surface area (Å²) in [7, 11) is 0. The van der Waals surface area contributed by atoms with Crippen LogP contribution in [0.25, 0.3) is 0 Å². The van der Waals surface area contributed by atoms with E-state index >= 15 is 0 Å². The Balaban J connectivity index is 2.77. The van der Waals surface area contributed by atoms with Crippen LogP contribution in [0.5, 0.6) is 0 Å². The molecular formula is C10H11BrFNO3S. The zero-order valence-electron chi connectivity index (χ0n) is 8.93. The second-order valence-corrected chi connectivity index (χ2v) is 5.35. The van der Waals surface area contributed by atoms with E-state index in [9.17, 15) is 19.4 Å². The van der Waals surface area contributed by atoms with Crippen molar-refractivity contribution in [2.45, 2.75) is 19.1 Å². The molecule has 0 fully saturated rings. The van der Waals surface area contributed by atoms with Gasteiger partial charge >= 0.3 is 0 Å². The van der Waals surface area contributed by atoms with Crippen molar-refractivity contribution in [1.82, 2.24) is 4.98 Å². The van der Waals surface area contributed by atoms with Crippen LogP contribution in [-0.4, -0.2) is 32.2 Å². The lowest BCUT2D eigenvalue weighted by Gasteiger charge is -2.17. The van der Waals surface area contributed by atoms with Crippen LogP contribution < -0.4 is 0 Å². The Morgan fingerprint density at radius 3 is 2.88 bits per heavy atom. The largest absolute Gasteiger partial charge is 0.389 e. The van der Waals surface area contributed by atoms with E-state index in [1.165, 1.54) is 13.0 Å². The normalized spacial score (nSPS) is 14.4. The van der Waals surface area contributed by atoms with Crippen LogP contribution in [0.1, 0.15) is 18.6 Å². The van der Waals surface area contributed by atoms with E-state index in [-0.39, 0.29) is 16.4 Å². The molecule has 0 amide bonds. The molecule has 17 heavy (non-hydrogen) atoms. The monoisotopic (exact) mass is 323 g/mol. The molecule has 4 nitrogen and oxygen atoms in total. The Bertz CT molecular complexity index is 419. The van der Waals surface area contributed by atoms with Crippen molar-refractivity contribution in [3.63, 3.8) is 0 Å². The predicted molar refractivity (Wildman–Crippen MR) is 66.0 cm³/mol. The van der Waals surface area contributed by atoms with Crippen molar-refractivity contribution in [1.29, 1.82) is 0 Å². The standard InChI is InChI=1S/C10H11BrFNO3S/c1-5(14)17-4-8(15)10(16)6-2-9(11)13-3-7(6)12/h2-3,8,10,15-16H,4H2,1H3. The van der Waals surface area contributed by atoms with Gasteiger partial charge in [0.2, 0.25) is 0 Å². The van der Waals surface area contributed by atoms with Gasteiger partial charge in [-0.25, -0.2) is 9.37 Å². The first-order chi connectivity index (χ1) is 7.91. The number of thioether (sulfide) groups is 1. The van der Waals surface area contributed by atoms with Gasteiger partial charge < -0.3 is 10.2 Å². The highest BCUT2D eigenvalue weighted by Crippen LogP contribution is 2.24. The lowest BCUT2D eigenvalue weighted by atomic mass is 10.1. The molecule has 1 aromatic heterocycles. The molecule has 1 rings (SSSR count). The van der Waals surface area contributed by atoms with Gasteiger partial charge in [-0.15, -0.1) is 0 Å². The van der Waals surface area contributed by atoms with Gasteiger partial charge in [0.25, 0.3) is 0 Å². The number of hydrogen-bond donors (Lipinski definition) is 2. The summed E-state index contributed by atoms with van der Waals surface area (Å²) in [5.41, 5.74) is -0.0523. The third kappa shape index (κ3) is 4.34. The molecule has 0 spiro atoms. The molecule has 0 aliphatic heterocycles. The highest BCUT2D eigenvalue weighted by atomic mass is 79.9. The molecule has 1 aromatic rings. The highest BCUT2D eigenvalue weighted by molar-refractivity contribution is 9.10. The molecule has 94 valence electrons. The Morgan fingerprint density at radius 2 is 2.29 bits per heavy atom. The van der Waals surface area contributed by atoms with E-state index in [0.29, 0.717) is 4.60 Å². The van der Waals surface area contributed by atoms with Gasteiger partial charge in [-0.2, -0.15) is 0 Å². The van der Waals surface area contributed by atoms with Crippen LogP contribution in [-0.2, 0) is 4.79 Å². The molecule has 0 saturated carbocycles. The molecule has 0 radical (unpaired) electrons. The number of rotatable bonds is 4. The Hall–Kier alpha value is -0.500. The van der Waals surface area contributed by atoms with Gasteiger partial charge in [0.1, 0.15) is 16.5 Å². The minimum Gasteiger partial charge on any atom is -0.389 e. The summed E-state index contributed by atoms with van der Waals surface area (Å²) in [5, 5.41) is 19.2. The summed E-state index contributed by atoms with van der Waals surface area (Å²) in [6, 6.07) is 1.29. The maximum Gasteiger partial charge on any atom is 0.185 e. The first-order valence-corrected chi connectivity index (χ1v) is 6.50. The van der Waals surface area contributed by atoms with Gasteiger partial charge in [0.05, 0.1) is 12.3 Å². The number of nitrogens with zero attached hydrogens (tertiary/aromatic N) is 1. The Kier molecular flexibility index (Phi) is 5.51. The lowest BCUT2D eigenvalue weighted by molar-refractivity contribution is -0.109. The van der Waals surface area contributed by atoms with E-state index < -0.39 is 18.0 Å². The maximum atomic E-state index is 13.4. The summed E-state index contributed by atoms with van der Waals surface area (Å²) < 4.78 is 13.7. The molecule has 0 aliphatic rings. The van der Waals surface area contributed by atoms with Crippen LogP contribution in [0.15, 0.2) is 16.9 Å². The molecule has 0 saturated heterocycles. The third-order valence-electron chi connectivity index (χ3n) is 1.99. The average Bonchev–Trinajstić information content (AvgIpc) is 2.28. The van der Waals surface area contributed by atoms with Crippen LogP contribution in [0.4, 0.5) is 4.39 Å². The number of aliphatic hydroxyl groups excluding tert-OH is 2. The van der Waals surface area contributed by atoms with Crippen LogP contribution in [0, 0.1) is 5.82 Å². The first-order valence-electron chi connectivity index (χ1n) is 4.72. The Labute approximate surface area is 110 Å². The zero-order chi connectivity index (χ0) is 13.0. The van der Waals surface area contributed by atoms with Gasteiger partial charge in [0.15, 0.2) is 5.12 Å². The zero-order valence-corrected chi connectivity index (χ0v) is 11.3. The van der Waals surface area contributed by atoms with Gasteiger partial charge in [-0.3, -0.25) is 4.79 Å². The van der Waals surface area contributed by atoms with Gasteiger partial charge in [0, 0.05) is 18.2 Å². The summed E-state index contributed by atoms with van der Waals surface area (Å²) in [5.74, 6) is -0.692. The second-order valence-electron chi connectivity index (χ2n) is 3.34. The van der Waals surface area contributed by atoms with Crippen LogP contribution in [0.2, 0.25) is 0 Å². The second kappa shape index (κ2) is 6.44. The number of hydrogen-bond acceptors (Lipinski definition) is 5. The number of halogens is 2. The lowest BCUT2D eigenvalue weighted by Crippen LogP contribution is -2.22. The molecule has 0 aliphatic carbocycles. The molecule has 0 bridgehead atoms. The van der Waals surface area contributed by atoms with E-state index in [1.54, 1.807) is 0 Å². The summed E-state index contributed by atoms with van der Waals surface area (Å²) in [6.07, 6.45) is -1.65. The fourth-order valence-corrected chi connectivity index (χ4v) is 2.09. The fourth-order valence-electron chi connectivity index (χ4n) is 1.16. The minimum absolute atomic E-state index is 0.00980. The van der Waals surface area contributed by atoms with Gasteiger partial charge in [-0.1, -0.05) is 11.8 Å². The first kappa shape index (κ1) is 14.6. The molecule has 7 heteroatoms. The Morgan fingerprint density at radius 1 is 1.65 bits per heavy atom. The molecular weight excluding hydrogens is 313 g/mol. The number of carbonyl (C=O) groups excluding carboxylic acids is 1. The van der Waals surface area contributed by atoms with Crippen LogP contribution >= 0.6 is 27.7 Å². The van der Waals surface area contributed by atoms with Gasteiger partial charge in [-0.05, 0) is 22.0 Å². The minimum atomic E-state index is -1.39. The van der Waals surface area contributed by atoms with E-state index in [1.807, 2.05) is 0 Å². The highest BCUT2D eigenvalue weighted by Gasteiger charge is 2.22. The fraction of sp³-hybridized carbons (Fsp3) is 0.400. The summed E-state index contributed by atoms with van der Waals surface area (Å²) in [4.78, 5) is 14.4. The maximum absolute atomic E-state index is 13.4. The van der Waals surface area contributed by atoms with Crippen molar-refractivity contribution in [2.24, 2.45) is 0 Å². The van der Waals surface area contributed by atoms with Crippen molar-refractivity contribution in [2.75, 3.05) is 5.75 Å². The van der Waals surface area contributed by atoms with E-state index in [2.05, 4.69) is 20.9 Å². The third-order valence-corrected chi connectivity index (χ3v) is 3.34. The SMILES string of the molecule is CC(=O)SCC(O)C(O)c1cc(Br)ncc1F. The number of aromatic nitrogens is 1. The topological polar surface area (TPSA) is 70.4 Å². The molecule has 0 aromatic carbocycles. The molecule has 2 unspecified atom stereocenters. The molecule has 2 N–H and O–H groups in total. The van der Waals surface area contributed by atoms with Crippen molar-refractivity contribution in [3.8, 4) is 0 Å². The molecule has 2 atom stereocenters. The number of aliphatic hydroxyl groups is 2. The quantitative estimate of drug-likeness (QED) is 0.825. The number of pyridine rings is 1. The van der Waals surface area contributed by atoms with E-state index in [4.69, 9.17) is 0 Å². The van der Waals surface area contributed by atoms with Crippen molar-refractivity contribution < 1.29 is 19.4 Å². The van der Waals surface area contributed by atoms with Crippen molar-refractivity contribution in [3.05, 3.63) is 28.2 Å². The average molecular weight is 324 g/mol. The predicted octanol–water partition coefficient (Wildman–Crippen LogP) is 1.66.